The van der Waals surface area contributed by atoms with Crippen LogP contribution in [0.25, 0.3) is 0 Å². The zero-order valence-corrected chi connectivity index (χ0v) is 15.9. The van der Waals surface area contributed by atoms with Crippen molar-refractivity contribution in [2.24, 2.45) is 0 Å². The summed E-state index contributed by atoms with van der Waals surface area (Å²) in [5.74, 6) is -0.758. The maximum absolute atomic E-state index is 13.0. The number of hydrogen-bond acceptors (Lipinski definition) is 4. The summed E-state index contributed by atoms with van der Waals surface area (Å²) in [4.78, 5) is 12.2. The Balaban J connectivity index is 1.58. The number of carbonyl (C=O) groups excluding carboxylic acids is 1. The van der Waals surface area contributed by atoms with Crippen LogP contribution in [0, 0.1) is 5.82 Å². The molecule has 1 heterocycles. The minimum atomic E-state index is -3.49. The van der Waals surface area contributed by atoms with Gasteiger partial charge in [-0.05, 0) is 55.3 Å². The van der Waals surface area contributed by atoms with Crippen LogP contribution in [0.4, 0.5) is 10.1 Å². The standard InChI is InChI=1S/C18H18ClFN2O4S/c19-16-11-13(20)3-8-17(16)26-12-18(23)21-14-4-6-15(7-5-14)27(24,25)22-9-1-2-10-22/h3-8,11H,1-2,9-10,12H2,(H,21,23). The first kappa shape index (κ1) is 19.6. The molecule has 1 fully saturated rings. The van der Waals surface area contributed by atoms with Gasteiger partial charge in [-0.2, -0.15) is 4.31 Å². The summed E-state index contributed by atoms with van der Waals surface area (Å²) in [6.45, 7) is 0.743. The van der Waals surface area contributed by atoms with E-state index >= 15 is 0 Å². The molecule has 1 aliphatic rings. The maximum Gasteiger partial charge on any atom is 0.262 e. The average molecular weight is 413 g/mol. The molecule has 0 unspecified atom stereocenters. The van der Waals surface area contributed by atoms with Crippen LogP contribution in [0.3, 0.4) is 0 Å². The number of amides is 1. The van der Waals surface area contributed by atoms with Gasteiger partial charge < -0.3 is 10.1 Å². The number of anilines is 1. The van der Waals surface area contributed by atoms with Crippen LogP contribution in [0.2, 0.25) is 5.02 Å². The molecule has 0 bridgehead atoms. The quantitative estimate of drug-likeness (QED) is 0.790. The first-order chi connectivity index (χ1) is 12.9. The number of nitrogens with zero attached hydrogens (tertiary/aromatic N) is 1. The Kier molecular flexibility index (Phi) is 5.98. The second kappa shape index (κ2) is 8.24. The molecule has 0 spiro atoms. The normalized spacial score (nSPS) is 14.9. The molecule has 2 aromatic rings. The summed E-state index contributed by atoms with van der Waals surface area (Å²) in [5.41, 5.74) is 0.439. The zero-order chi connectivity index (χ0) is 19.4. The van der Waals surface area contributed by atoms with Crippen molar-refractivity contribution in [3.63, 3.8) is 0 Å². The van der Waals surface area contributed by atoms with Gasteiger partial charge in [0.05, 0.1) is 9.92 Å². The van der Waals surface area contributed by atoms with Crippen molar-refractivity contribution in [2.75, 3.05) is 25.0 Å². The van der Waals surface area contributed by atoms with Gasteiger partial charge in [0.25, 0.3) is 5.91 Å². The number of carbonyl (C=O) groups is 1. The van der Waals surface area contributed by atoms with Gasteiger partial charge in [-0.25, -0.2) is 12.8 Å². The predicted molar refractivity (Wildman–Crippen MR) is 100.0 cm³/mol. The van der Waals surface area contributed by atoms with Gasteiger partial charge in [-0.1, -0.05) is 11.6 Å². The van der Waals surface area contributed by atoms with Crippen molar-refractivity contribution < 1.29 is 22.3 Å². The first-order valence-corrected chi connectivity index (χ1v) is 10.2. The number of rotatable bonds is 6. The van der Waals surface area contributed by atoms with Gasteiger partial charge in [0.1, 0.15) is 11.6 Å². The SMILES string of the molecule is O=C(COc1ccc(F)cc1Cl)Nc1ccc(S(=O)(=O)N2CCCC2)cc1. The lowest BCUT2D eigenvalue weighted by atomic mass is 10.3. The molecule has 9 heteroatoms. The number of benzene rings is 2. The molecule has 1 aliphatic heterocycles. The van der Waals surface area contributed by atoms with E-state index in [2.05, 4.69) is 5.32 Å². The highest BCUT2D eigenvalue weighted by Gasteiger charge is 2.26. The van der Waals surface area contributed by atoms with E-state index in [-0.39, 0.29) is 22.3 Å². The Morgan fingerprint density at radius 3 is 2.44 bits per heavy atom. The van der Waals surface area contributed by atoms with E-state index in [0.29, 0.717) is 18.8 Å². The second-order valence-corrected chi connectivity index (χ2v) is 8.39. The Morgan fingerprint density at radius 2 is 1.81 bits per heavy atom. The third-order valence-electron chi connectivity index (χ3n) is 4.09. The minimum Gasteiger partial charge on any atom is -0.482 e. The molecule has 27 heavy (non-hydrogen) atoms. The predicted octanol–water partition coefficient (Wildman–Crippen LogP) is 3.28. The Bertz CT molecular complexity index is 929. The summed E-state index contributed by atoms with van der Waals surface area (Å²) < 4.78 is 44.6. The van der Waals surface area contributed by atoms with E-state index in [1.165, 1.54) is 40.7 Å². The lowest BCUT2D eigenvalue weighted by Crippen LogP contribution is -2.27. The highest BCUT2D eigenvalue weighted by molar-refractivity contribution is 7.89. The van der Waals surface area contributed by atoms with Gasteiger partial charge in [-0.15, -0.1) is 0 Å². The van der Waals surface area contributed by atoms with E-state index in [4.69, 9.17) is 16.3 Å². The van der Waals surface area contributed by atoms with Crippen molar-refractivity contribution >= 4 is 33.2 Å². The number of sulfonamides is 1. The largest absolute Gasteiger partial charge is 0.482 e. The first-order valence-electron chi connectivity index (χ1n) is 8.34. The summed E-state index contributed by atoms with van der Waals surface area (Å²) in [6.07, 6.45) is 1.73. The van der Waals surface area contributed by atoms with Crippen LogP contribution in [-0.2, 0) is 14.8 Å². The van der Waals surface area contributed by atoms with Crippen molar-refractivity contribution in [1.29, 1.82) is 0 Å². The summed E-state index contributed by atoms with van der Waals surface area (Å²) in [7, 11) is -3.49. The number of ether oxygens (including phenoxy) is 1. The third-order valence-corrected chi connectivity index (χ3v) is 6.30. The molecule has 0 atom stereocenters. The summed E-state index contributed by atoms with van der Waals surface area (Å²) in [6, 6.07) is 9.56. The number of halogens is 2. The Morgan fingerprint density at radius 1 is 1.15 bits per heavy atom. The number of hydrogen-bond donors (Lipinski definition) is 1. The van der Waals surface area contributed by atoms with E-state index in [1.54, 1.807) is 0 Å². The lowest BCUT2D eigenvalue weighted by molar-refractivity contribution is -0.118. The van der Waals surface area contributed by atoms with Gasteiger partial charge in [0.2, 0.25) is 10.0 Å². The number of nitrogens with one attached hydrogen (secondary N) is 1. The topological polar surface area (TPSA) is 75.7 Å². The van der Waals surface area contributed by atoms with E-state index in [1.807, 2.05) is 0 Å². The van der Waals surface area contributed by atoms with Crippen LogP contribution in [-0.4, -0.2) is 38.3 Å². The molecular formula is C18H18ClFN2O4S. The van der Waals surface area contributed by atoms with E-state index < -0.39 is 21.7 Å². The van der Waals surface area contributed by atoms with Crippen LogP contribution >= 0.6 is 11.6 Å². The monoisotopic (exact) mass is 412 g/mol. The molecular weight excluding hydrogens is 395 g/mol. The van der Waals surface area contributed by atoms with Crippen molar-refractivity contribution in [2.45, 2.75) is 17.7 Å². The Hall–Kier alpha value is -2.16. The van der Waals surface area contributed by atoms with Gasteiger partial charge in [0.15, 0.2) is 6.61 Å². The van der Waals surface area contributed by atoms with Crippen LogP contribution in [0.15, 0.2) is 47.4 Å². The molecule has 0 aromatic heterocycles. The molecule has 1 saturated heterocycles. The zero-order valence-electron chi connectivity index (χ0n) is 14.3. The fraction of sp³-hybridized carbons (Fsp3) is 0.278. The average Bonchev–Trinajstić information content (AvgIpc) is 3.17. The van der Waals surface area contributed by atoms with Crippen molar-refractivity contribution in [1.82, 2.24) is 4.31 Å². The molecule has 0 radical (unpaired) electrons. The van der Waals surface area contributed by atoms with Crippen LogP contribution in [0.1, 0.15) is 12.8 Å². The molecule has 0 aliphatic carbocycles. The second-order valence-electron chi connectivity index (χ2n) is 6.05. The third kappa shape index (κ3) is 4.77. The van der Waals surface area contributed by atoms with Gasteiger partial charge in [-0.3, -0.25) is 4.79 Å². The van der Waals surface area contributed by atoms with Gasteiger partial charge >= 0.3 is 0 Å². The van der Waals surface area contributed by atoms with Crippen molar-refractivity contribution in [3.8, 4) is 5.75 Å². The van der Waals surface area contributed by atoms with Crippen LogP contribution in [0.5, 0.6) is 5.75 Å². The summed E-state index contributed by atoms with van der Waals surface area (Å²) >= 11 is 5.83. The lowest BCUT2D eigenvalue weighted by Gasteiger charge is -2.15. The molecule has 2 aromatic carbocycles. The summed E-state index contributed by atoms with van der Waals surface area (Å²) in [5, 5.41) is 2.67. The highest BCUT2D eigenvalue weighted by atomic mass is 35.5. The molecule has 0 saturated carbocycles. The molecule has 3 rings (SSSR count). The highest BCUT2D eigenvalue weighted by Crippen LogP contribution is 2.25. The Labute approximate surface area is 161 Å². The smallest absolute Gasteiger partial charge is 0.262 e. The fourth-order valence-corrected chi connectivity index (χ4v) is 4.46. The van der Waals surface area contributed by atoms with E-state index in [0.717, 1.165) is 18.9 Å². The molecule has 1 N–H and O–H groups in total. The minimum absolute atomic E-state index is 0.0688. The molecule has 144 valence electrons. The van der Waals surface area contributed by atoms with E-state index in [9.17, 15) is 17.6 Å². The van der Waals surface area contributed by atoms with Crippen LogP contribution < -0.4 is 10.1 Å². The van der Waals surface area contributed by atoms with Crippen molar-refractivity contribution in [3.05, 3.63) is 53.3 Å². The van der Waals surface area contributed by atoms with Gasteiger partial charge in [0, 0.05) is 18.8 Å². The molecule has 1 amide bonds. The fourth-order valence-electron chi connectivity index (χ4n) is 2.72. The maximum atomic E-state index is 13.0. The molecule has 6 nitrogen and oxygen atoms in total.